The van der Waals surface area contributed by atoms with Crippen molar-refractivity contribution in [1.29, 1.82) is 0 Å². The third kappa shape index (κ3) is 2.49. The lowest BCUT2D eigenvalue weighted by Crippen LogP contribution is -2.23. The number of hydrogen-bond donors (Lipinski definition) is 1. The van der Waals surface area contributed by atoms with Crippen LogP contribution in [0.1, 0.15) is 11.3 Å². The van der Waals surface area contributed by atoms with Crippen molar-refractivity contribution in [2.45, 2.75) is 13.5 Å². The molecule has 0 saturated carbocycles. The molecule has 0 aliphatic rings. The van der Waals surface area contributed by atoms with Gasteiger partial charge in [0.05, 0.1) is 18.6 Å². The summed E-state index contributed by atoms with van der Waals surface area (Å²) in [6, 6.07) is 5.56. The first-order valence-corrected chi connectivity index (χ1v) is 6.83. The molecule has 18 heavy (non-hydrogen) atoms. The second-order valence-corrected chi connectivity index (χ2v) is 5.53. The molecular weight excluding hydrogens is 362 g/mol. The molecule has 0 amide bonds. The summed E-state index contributed by atoms with van der Waals surface area (Å²) in [6.07, 6.45) is 1.53. The van der Waals surface area contributed by atoms with Crippen LogP contribution in [-0.4, -0.2) is 9.55 Å². The number of nitrogens with zero attached hydrogens (tertiary/aromatic N) is 2. The highest BCUT2D eigenvalue weighted by Gasteiger charge is 2.09. The van der Waals surface area contributed by atoms with E-state index in [1.54, 1.807) is 6.92 Å². The molecule has 94 valence electrons. The molecule has 0 spiro atoms. The monoisotopic (exact) mass is 371 g/mol. The number of anilines is 1. The van der Waals surface area contributed by atoms with Crippen molar-refractivity contribution in [1.82, 2.24) is 9.55 Å². The third-order valence-corrected chi connectivity index (χ3v) is 4.30. The van der Waals surface area contributed by atoms with Gasteiger partial charge in [0.15, 0.2) is 0 Å². The fourth-order valence-corrected chi connectivity index (χ4v) is 2.41. The van der Waals surface area contributed by atoms with Crippen LogP contribution in [0.25, 0.3) is 0 Å². The number of nitrogens with two attached hydrogens (primary N) is 1. The summed E-state index contributed by atoms with van der Waals surface area (Å²) in [4.78, 5) is 16.2. The average molecular weight is 373 g/mol. The maximum Gasteiger partial charge on any atom is 0.268 e. The molecule has 2 rings (SSSR count). The fourth-order valence-electron chi connectivity index (χ4n) is 1.57. The van der Waals surface area contributed by atoms with Gasteiger partial charge >= 0.3 is 0 Å². The van der Waals surface area contributed by atoms with Gasteiger partial charge in [-0.2, -0.15) is 0 Å². The van der Waals surface area contributed by atoms with Crippen LogP contribution in [0.15, 0.2) is 38.3 Å². The second-order valence-electron chi connectivity index (χ2n) is 3.88. The maximum atomic E-state index is 12.0. The predicted octanol–water partition coefficient (Wildman–Crippen LogP) is 2.71. The Balaban J connectivity index is 2.47. The highest BCUT2D eigenvalue weighted by Crippen LogP contribution is 2.23. The molecule has 0 aliphatic carbocycles. The van der Waals surface area contributed by atoms with E-state index in [1.807, 2.05) is 18.2 Å². The molecule has 2 N–H and O–H groups in total. The molecule has 1 heterocycles. The summed E-state index contributed by atoms with van der Waals surface area (Å²) >= 11 is 6.68. The number of aromatic nitrogens is 2. The Morgan fingerprint density at radius 3 is 2.78 bits per heavy atom. The minimum Gasteiger partial charge on any atom is -0.398 e. The van der Waals surface area contributed by atoms with Gasteiger partial charge in [-0.3, -0.25) is 9.36 Å². The molecule has 0 saturated heterocycles. The topological polar surface area (TPSA) is 60.9 Å². The highest BCUT2D eigenvalue weighted by atomic mass is 79.9. The van der Waals surface area contributed by atoms with Crippen LogP contribution in [0, 0.1) is 6.92 Å². The van der Waals surface area contributed by atoms with Gasteiger partial charge in [0, 0.05) is 15.7 Å². The van der Waals surface area contributed by atoms with Gasteiger partial charge < -0.3 is 5.73 Å². The number of hydrogen-bond acceptors (Lipinski definition) is 3. The van der Waals surface area contributed by atoms with E-state index in [-0.39, 0.29) is 5.56 Å². The van der Waals surface area contributed by atoms with Crippen LogP contribution in [-0.2, 0) is 6.54 Å². The van der Waals surface area contributed by atoms with Gasteiger partial charge in [-0.15, -0.1) is 0 Å². The van der Waals surface area contributed by atoms with E-state index >= 15 is 0 Å². The summed E-state index contributed by atoms with van der Waals surface area (Å²) in [5.41, 5.74) is 7.99. The SMILES string of the molecule is Cc1ncn(Cc2c(N)cccc2Br)c(=O)c1Br. The van der Waals surface area contributed by atoms with E-state index in [4.69, 9.17) is 5.73 Å². The largest absolute Gasteiger partial charge is 0.398 e. The van der Waals surface area contributed by atoms with Gasteiger partial charge in [-0.05, 0) is 35.0 Å². The lowest BCUT2D eigenvalue weighted by atomic mass is 10.2. The summed E-state index contributed by atoms with van der Waals surface area (Å²) < 4.78 is 2.88. The Labute approximate surface area is 121 Å². The first kappa shape index (κ1) is 13.3. The molecule has 1 aromatic carbocycles. The van der Waals surface area contributed by atoms with Crippen LogP contribution in [0.4, 0.5) is 5.69 Å². The quantitative estimate of drug-likeness (QED) is 0.824. The van der Waals surface area contributed by atoms with Crippen molar-refractivity contribution in [3.63, 3.8) is 0 Å². The Morgan fingerprint density at radius 2 is 2.11 bits per heavy atom. The minimum absolute atomic E-state index is 0.113. The van der Waals surface area contributed by atoms with Crippen LogP contribution in [0.3, 0.4) is 0 Å². The molecule has 0 bridgehead atoms. The van der Waals surface area contributed by atoms with Gasteiger partial charge in [0.2, 0.25) is 0 Å². The Morgan fingerprint density at radius 1 is 1.39 bits per heavy atom. The predicted molar refractivity (Wildman–Crippen MR) is 78.6 cm³/mol. The van der Waals surface area contributed by atoms with Crippen molar-refractivity contribution >= 4 is 37.5 Å². The number of aryl methyl sites for hydroxylation is 1. The normalized spacial score (nSPS) is 10.6. The zero-order chi connectivity index (χ0) is 13.3. The van der Waals surface area contributed by atoms with Crippen LogP contribution >= 0.6 is 31.9 Å². The van der Waals surface area contributed by atoms with Crippen LogP contribution in [0.2, 0.25) is 0 Å². The summed E-state index contributed by atoms with van der Waals surface area (Å²) in [6.45, 7) is 2.17. The Bertz CT molecular complexity index is 632. The van der Waals surface area contributed by atoms with Crippen molar-refractivity contribution in [2.75, 3.05) is 5.73 Å². The smallest absolute Gasteiger partial charge is 0.268 e. The first-order valence-electron chi connectivity index (χ1n) is 5.25. The highest BCUT2D eigenvalue weighted by molar-refractivity contribution is 9.10. The molecule has 0 radical (unpaired) electrons. The van der Waals surface area contributed by atoms with Gasteiger partial charge in [-0.25, -0.2) is 4.98 Å². The molecule has 1 aromatic heterocycles. The molecule has 0 unspecified atom stereocenters. The summed E-state index contributed by atoms with van der Waals surface area (Å²) in [5.74, 6) is 0. The van der Waals surface area contributed by atoms with E-state index in [0.29, 0.717) is 22.4 Å². The van der Waals surface area contributed by atoms with E-state index in [9.17, 15) is 4.79 Å². The van der Waals surface area contributed by atoms with Gasteiger partial charge in [0.25, 0.3) is 5.56 Å². The van der Waals surface area contributed by atoms with E-state index in [2.05, 4.69) is 36.8 Å². The van der Waals surface area contributed by atoms with Gasteiger partial charge in [0.1, 0.15) is 4.47 Å². The molecule has 0 atom stereocenters. The lowest BCUT2D eigenvalue weighted by Gasteiger charge is -2.11. The summed E-state index contributed by atoms with van der Waals surface area (Å²) in [5, 5.41) is 0. The molecule has 6 heteroatoms. The molecule has 4 nitrogen and oxygen atoms in total. The second kappa shape index (κ2) is 5.24. The minimum atomic E-state index is -0.113. The lowest BCUT2D eigenvalue weighted by molar-refractivity contribution is 0.724. The van der Waals surface area contributed by atoms with Crippen molar-refractivity contribution in [3.8, 4) is 0 Å². The van der Waals surface area contributed by atoms with E-state index in [1.165, 1.54) is 10.9 Å². The Hall–Kier alpha value is -1.14. The first-order chi connectivity index (χ1) is 8.50. The van der Waals surface area contributed by atoms with Crippen molar-refractivity contribution in [2.24, 2.45) is 0 Å². The zero-order valence-electron chi connectivity index (χ0n) is 9.65. The number of benzene rings is 1. The van der Waals surface area contributed by atoms with Crippen molar-refractivity contribution < 1.29 is 0 Å². The van der Waals surface area contributed by atoms with E-state index in [0.717, 1.165) is 10.0 Å². The molecular formula is C12H11Br2N3O. The van der Waals surface area contributed by atoms with Crippen LogP contribution in [0.5, 0.6) is 0 Å². The third-order valence-electron chi connectivity index (χ3n) is 2.64. The molecule has 2 aromatic rings. The summed E-state index contributed by atoms with van der Waals surface area (Å²) in [7, 11) is 0. The molecule has 0 fully saturated rings. The standard InChI is InChI=1S/C12H11Br2N3O/c1-7-11(14)12(18)17(6-16-7)5-8-9(13)3-2-4-10(8)15/h2-4,6H,5,15H2,1H3. The number of halogens is 2. The average Bonchev–Trinajstić information content (AvgIpc) is 2.34. The van der Waals surface area contributed by atoms with Crippen LogP contribution < -0.4 is 11.3 Å². The molecule has 0 aliphatic heterocycles. The maximum absolute atomic E-state index is 12.0. The van der Waals surface area contributed by atoms with Crippen molar-refractivity contribution in [3.05, 3.63) is 55.1 Å². The van der Waals surface area contributed by atoms with E-state index < -0.39 is 0 Å². The number of nitrogen functional groups attached to an aromatic ring is 1. The number of rotatable bonds is 2. The van der Waals surface area contributed by atoms with Gasteiger partial charge in [-0.1, -0.05) is 22.0 Å². The zero-order valence-corrected chi connectivity index (χ0v) is 12.8. The fraction of sp³-hybridized carbons (Fsp3) is 0.167. The Kier molecular flexibility index (Phi) is 3.87.